The summed E-state index contributed by atoms with van der Waals surface area (Å²) < 4.78 is 5.31. The van der Waals surface area contributed by atoms with Crippen LogP contribution in [0.4, 0.5) is 0 Å². The highest BCUT2D eigenvalue weighted by Crippen LogP contribution is 2.47. The van der Waals surface area contributed by atoms with E-state index in [-0.39, 0.29) is 0 Å². The molecule has 2 nitrogen and oxygen atoms in total. The Balaban J connectivity index is 1.88. The molecule has 2 aliphatic rings. The Labute approximate surface area is 118 Å². The standard InChI is InChI=1S/C18H18O2/c1-20-14-4-7-15-12(9-14)3-6-17-16(15)5-2-11-8-13(19)10-18(11)17/h3-4,6-7,9,11,18H,2,5,8,10H2,1H3/t11-,18-/m0/s1. The van der Waals surface area contributed by atoms with Crippen molar-refractivity contribution in [2.45, 2.75) is 31.6 Å². The smallest absolute Gasteiger partial charge is 0.133 e. The summed E-state index contributed by atoms with van der Waals surface area (Å²) in [4.78, 5) is 11.7. The molecule has 2 atom stereocenters. The van der Waals surface area contributed by atoms with Crippen LogP contribution in [0.3, 0.4) is 0 Å². The van der Waals surface area contributed by atoms with Crippen LogP contribution in [0, 0.1) is 5.92 Å². The molecule has 2 aliphatic carbocycles. The van der Waals surface area contributed by atoms with Crippen molar-refractivity contribution < 1.29 is 9.53 Å². The van der Waals surface area contributed by atoms with Crippen LogP contribution < -0.4 is 4.74 Å². The second kappa shape index (κ2) is 4.34. The number of hydrogen-bond acceptors (Lipinski definition) is 2. The quantitative estimate of drug-likeness (QED) is 0.783. The third-order valence-electron chi connectivity index (χ3n) is 5.05. The van der Waals surface area contributed by atoms with Gasteiger partial charge in [0.25, 0.3) is 0 Å². The van der Waals surface area contributed by atoms with E-state index in [1.807, 2.05) is 6.07 Å². The minimum atomic E-state index is 0.447. The summed E-state index contributed by atoms with van der Waals surface area (Å²) in [5, 5.41) is 2.58. The van der Waals surface area contributed by atoms with Gasteiger partial charge in [-0.25, -0.2) is 0 Å². The highest BCUT2D eigenvalue weighted by molar-refractivity contribution is 5.89. The molecular weight excluding hydrogens is 248 g/mol. The predicted octanol–water partition coefficient (Wildman–Crippen LogP) is 3.86. The second-order valence-corrected chi connectivity index (χ2v) is 6.07. The molecule has 1 saturated carbocycles. The zero-order valence-corrected chi connectivity index (χ0v) is 11.7. The molecule has 2 aromatic carbocycles. The van der Waals surface area contributed by atoms with E-state index in [0.717, 1.165) is 31.4 Å². The first kappa shape index (κ1) is 12.0. The summed E-state index contributed by atoms with van der Waals surface area (Å²) >= 11 is 0. The fraction of sp³-hybridized carbons (Fsp3) is 0.389. The first-order valence-corrected chi connectivity index (χ1v) is 7.37. The average molecular weight is 266 g/mol. The highest BCUT2D eigenvalue weighted by atomic mass is 16.5. The lowest BCUT2D eigenvalue weighted by molar-refractivity contribution is -0.117. The predicted molar refractivity (Wildman–Crippen MR) is 79.3 cm³/mol. The van der Waals surface area contributed by atoms with E-state index in [1.54, 1.807) is 7.11 Å². The first-order chi connectivity index (χ1) is 9.76. The van der Waals surface area contributed by atoms with Crippen LogP contribution in [0.5, 0.6) is 5.75 Å². The number of aryl methyl sites for hydroxylation is 1. The van der Waals surface area contributed by atoms with Crippen LogP contribution in [0.25, 0.3) is 10.8 Å². The van der Waals surface area contributed by atoms with E-state index < -0.39 is 0 Å². The van der Waals surface area contributed by atoms with Gasteiger partial charge in [0.15, 0.2) is 0 Å². The lowest BCUT2D eigenvalue weighted by atomic mass is 9.75. The fourth-order valence-corrected chi connectivity index (χ4v) is 4.07. The molecule has 20 heavy (non-hydrogen) atoms. The Bertz CT molecular complexity index is 702. The summed E-state index contributed by atoms with van der Waals surface area (Å²) in [6.45, 7) is 0. The molecule has 0 aromatic heterocycles. The van der Waals surface area contributed by atoms with Crippen molar-refractivity contribution in [2.24, 2.45) is 5.92 Å². The van der Waals surface area contributed by atoms with Gasteiger partial charge in [0.2, 0.25) is 0 Å². The zero-order chi connectivity index (χ0) is 13.7. The lowest BCUT2D eigenvalue weighted by Gasteiger charge is -2.28. The van der Waals surface area contributed by atoms with Crippen molar-refractivity contribution in [3.05, 3.63) is 41.5 Å². The van der Waals surface area contributed by atoms with Gasteiger partial charge in [-0.1, -0.05) is 18.2 Å². The van der Waals surface area contributed by atoms with Gasteiger partial charge in [-0.05, 0) is 58.7 Å². The molecule has 0 N–H and O–H groups in total. The Morgan fingerprint density at radius 2 is 2.05 bits per heavy atom. The summed E-state index contributed by atoms with van der Waals surface area (Å²) in [5.74, 6) is 2.41. The van der Waals surface area contributed by atoms with Crippen molar-refractivity contribution in [3.8, 4) is 5.75 Å². The van der Waals surface area contributed by atoms with Crippen LogP contribution in [0.1, 0.15) is 36.3 Å². The van der Waals surface area contributed by atoms with Crippen LogP contribution in [0.15, 0.2) is 30.3 Å². The zero-order valence-electron chi connectivity index (χ0n) is 11.7. The maximum Gasteiger partial charge on any atom is 0.133 e. The Hall–Kier alpha value is -1.83. The monoisotopic (exact) mass is 266 g/mol. The van der Waals surface area contributed by atoms with Gasteiger partial charge in [0.1, 0.15) is 11.5 Å². The van der Waals surface area contributed by atoms with Crippen molar-refractivity contribution >= 4 is 16.6 Å². The van der Waals surface area contributed by atoms with Crippen LogP contribution >= 0.6 is 0 Å². The second-order valence-electron chi connectivity index (χ2n) is 6.07. The van der Waals surface area contributed by atoms with E-state index in [1.165, 1.54) is 21.9 Å². The third kappa shape index (κ3) is 1.67. The molecule has 0 spiro atoms. The summed E-state index contributed by atoms with van der Waals surface area (Å²) in [6.07, 6.45) is 3.81. The van der Waals surface area contributed by atoms with Crippen LogP contribution in [0.2, 0.25) is 0 Å². The number of hydrogen-bond donors (Lipinski definition) is 0. The van der Waals surface area contributed by atoms with Crippen molar-refractivity contribution in [2.75, 3.05) is 7.11 Å². The van der Waals surface area contributed by atoms with E-state index in [0.29, 0.717) is 17.6 Å². The number of methoxy groups -OCH3 is 1. The summed E-state index contributed by atoms with van der Waals surface area (Å²) in [7, 11) is 1.70. The molecule has 0 bridgehead atoms. The number of carbonyl (C=O) groups excluding carboxylic acids is 1. The largest absolute Gasteiger partial charge is 0.497 e. The van der Waals surface area contributed by atoms with E-state index in [4.69, 9.17) is 4.74 Å². The summed E-state index contributed by atoms with van der Waals surface area (Å²) in [6, 6.07) is 10.7. The lowest BCUT2D eigenvalue weighted by Crippen LogP contribution is -2.16. The van der Waals surface area contributed by atoms with E-state index in [2.05, 4.69) is 24.3 Å². The highest BCUT2D eigenvalue weighted by Gasteiger charge is 2.37. The molecule has 0 aliphatic heterocycles. The average Bonchev–Trinajstić information content (AvgIpc) is 2.86. The van der Waals surface area contributed by atoms with Crippen molar-refractivity contribution in [1.82, 2.24) is 0 Å². The van der Waals surface area contributed by atoms with Gasteiger partial charge >= 0.3 is 0 Å². The molecule has 0 heterocycles. The van der Waals surface area contributed by atoms with Gasteiger partial charge in [-0.3, -0.25) is 4.79 Å². The fourth-order valence-electron chi connectivity index (χ4n) is 4.07. The SMILES string of the molecule is COc1ccc2c3c(ccc2c1)[C@H]1CC(=O)C[C@@H]1CC3. The van der Waals surface area contributed by atoms with Crippen molar-refractivity contribution in [1.29, 1.82) is 0 Å². The number of ketones is 1. The van der Waals surface area contributed by atoms with Crippen LogP contribution in [-0.2, 0) is 11.2 Å². The van der Waals surface area contributed by atoms with Gasteiger partial charge in [-0.15, -0.1) is 0 Å². The van der Waals surface area contributed by atoms with Gasteiger partial charge in [-0.2, -0.15) is 0 Å². The van der Waals surface area contributed by atoms with Gasteiger partial charge in [0.05, 0.1) is 7.11 Å². The van der Waals surface area contributed by atoms with E-state index >= 15 is 0 Å². The molecule has 2 heteroatoms. The molecule has 0 unspecified atom stereocenters. The maximum atomic E-state index is 11.7. The molecule has 102 valence electrons. The van der Waals surface area contributed by atoms with Gasteiger partial charge in [0, 0.05) is 12.8 Å². The third-order valence-corrected chi connectivity index (χ3v) is 5.05. The first-order valence-electron chi connectivity index (χ1n) is 7.37. The number of ether oxygens (including phenoxy) is 1. The molecule has 0 radical (unpaired) electrons. The van der Waals surface area contributed by atoms with E-state index in [9.17, 15) is 4.79 Å². The molecule has 2 aromatic rings. The number of Topliss-reactive ketones (excluding diaryl/α,β-unsaturated/α-hetero) is 1. The molecular formula is C18H18O2. The Morgan fingerprint density at radius 1 is 1.15 bits per heavy atom. The topological polar surface area (TPSA) is 26.3 Å². The minimum absolute atomic E-state index is 0.447. The minimum Gasteiger partial charge on any atom is -0.497 e. The number of carbonyl (C=O) groups is 1. The number of benzene rings is 2. The molecule has 4 rings (SSSR count). The normalized spacial score (nSPS) is 24.6. The number of fused-ring (bicyclic) bond motifs is 5. The summed E-state index contributed by atoms with van der Waals surface area (Å²) in [5.41, 5.74) is 2.88. The molecule has 0 amide bonds. The van der Waals surface area contributed by atoms with Crippen molar-refractivity contribution in [3.63, 3.8) is 0 Å². The molecule has 0 saturated heterocycles. The molecule has 1 fully saturated rings. The Morgan fingerprint density at radius 3 is 2.90 bits per heavy atom. The Kier molecular flexibility index (Phi) is 2.59. The maximum absolute atomic E-state index is 11.7. The van der Waals surface area contributed by atoms with Gasteiger partial charge < -0.3 is 4.74 Å². The van der Waals surface area contributed by atoms with Crippen LogP contribution in [-0.4, -0.2) is 12.9 Å². The number of rotatable bonds is 1.